The van der Waals surface area contributed by atoms with Gasteiger partial charge in [0, 0.05) is 12.6 Å². The monoisotopic (exact) mass is 282 g/mol. The Morgan fingerprint density at radius 2 is 2.11 bits per heavy atom. The fraction of sp³-hybridized carbons (Fsp3) is 0.500. The minimum atomic E-state index is -0.395. The summed E-state index contributed by atoms with van der Waals surface area (Å²) >= 11 is 4.83. The van der Waals surface area contributed by atoms with Crippen LogP contribution in [0.15, 0.2) is 18.2 Å². The van der Waals surface area contributed by atoms with Gasteiger partial charge < -0.3 is 15.7 Å². The summed E-state index contributed by atoms with van der Waals surface area (Å²) in [5.41, 5.74) is 6.48. The topological polar surface area (TPSA) is 49.5 Å². The normalized spacial score (nSPS) is 23.1. The first-order valence-electron chi connectivity index (χ1n) is 6.51. The molecule has 104 valence electrons. The van der Waals surface area contributed by atoms with Gasteiger partial charge in [-0.1, -0.05) is 25.1 Å². The number of aliphatic hydroxyl groups is 1. The van der Waals surface area contributed by atoms with Crippen LogP contribution in [-0.2, 0) is 0 Å². The average molecular weight is 282 g/mol. The fourth-order valence-electron chi connectivity index (χ4n) is 2.67. The summed E-state index contributed by atoms with van der Waals surface area (Å²) in [6, 6.07) is 4.71. The van der Waals surface area contributed by atoms with Crippen LogP contribution in [0, 0.1) is 5.82 Å². The molecule has 1 fully saturated rings. The third kappa shape index (κ3) is 3.04. The molecule has 1 aromatic carbocycles. The SMILES string of the molecule is CN(c1ccc(C(N)=S)cc1F)C1CCCCC1O. The minimum Gasteiger partial charge on any atom is -0.391 e. The first-order chi connectivity index (χ1) is 9.00. The van der Waals surface area contributed by atoms with E-state index in [2.05, 4.69) is 0 Å². The highest BCUT2D eigenvalue weighted by molar-refractivity contribution is 7.80. The first-order valence-corrected chi connectivity index (χ1v) is 6.92. The van der Waals surface area contributed by atoms with Crippen LogP contribution in [0.2, 0.25) is 0 Å². The Morgan fingerprint density at radius 3 is 2.68 bits per heavy atom. The molecule has 0 amide bonds. The predicted molar refractivity (Wildman–Crippen MR) is 79.0 cm³/mol. The third-order valence-electron chi connectivity index (χ3n) is 3.80. The van der Waals surface area contributed by atoms with E-state index in [9.17, 15) is 9.50 Å². The molecule has 0 spiro atoms. The molecule has 1 aliphatic carbocycles. The van der Waals surface area contributed by atoms with Gasteiger partial charge in [-0.3, -0.25) is 0 Å². The van der Waals surface area contributed by atoms with Gasteiger partial charge in [0.1, 0.15) is 10.8 Å². The van der Waals surface area contributed by atoms with Gasteiger partial charge in [0.2, 0.25) is 0 Å². The Morgan fingerprint density at radius 1 is 1.42 bits per heavy atom. The van der Waals surface area contributed by atoms with Crippen molar-refractivity contribution in [1.29, 1.82) is 0 Å². The van der Waals surface area contributed by atoms with Crippen LogP contribution in [0.25, 0.3) is 0 Å². The Balaban J connectivity index is 2.23. The van der Waals surface area contributed by atoms with Crippen molar-refractivity contribution in [2.75, 3.05) is 11.9 Å². The number of halogens is 1. The molecule has 1 aromatic rings. The van der Waals surface area contributed by atoms with Crippen molar-refractivity contribution < 1.29 is 9.50 Å². The quantitative estimate of drug-likeness (QED) is 0.835. The number of anilines is 1. The summed E-state index contributed by atoms with van der Waals surface area (Å²) in [6.45, 7) is 0. The van der Waals surface area contributed by atoms with E-state index in [1.807, 2.05) is 11.9 Å². The van der Waals surface area contributed by atoms with Crippen LogP contribution in [0.4, 0.5) is 10.1 Å². The molecule has 3 nitrogen and oxygen atoms in total. The third-order valence-corrected chi connectivity index (χ3v) is 4.04. The average Bonchev–Trinajstić information content (AvgIpc) is 2.38. The number of likely N-dealkylation sites (N-methyl/N-ethyl adjacent to an activating group) is 1. The Labute approximate surface area is 118 Å². The van der Waals surface area contributed by atoms with E-state index in [0.717, 1.165) is 25.7 Å². The van der Waals surface area contributed by atoms with E-state index in [1.54, 1.807) is 12.1 Å². The summed E-state index contributed by atoms with van der Waals surface area (Å²) in [7, 11) is 1.82. The lowest BCUT2D eigenvalue weighted by molar-refractivity contribution is 0.106. The second kappa shape index (κ2) is 5.84. The molecule has 0 heterocycles. The first kappa shape index (κ1) is 14.2. The van der Waals surface area contributed by atoms with Gasteiger partial charge in [-0.2, -0.15) is 0 Å². The smallest absolute Gasteiger partial charge is 0.147 e. The van der Waals surface area contributed by atoms with Crippen LogP contribution in [0.5, 0.6) is 0 Å². The molecular formula is C14H19FN2OS. The molecular weight excluding hydrogens is 263 g/mol. The lowest BCUT2D eigenvalue weighted by Crippen LogP contribution is -2.43. The molecule has 1 saturated carbocycles. The van der Waals surface area contributed by atoms with Gasteiger partial charge in [0.15, 0.2) is 0 Å². The lowest BCUT2D eigenvalue weighted by Gasteiger charge is -2.36. The molecule has 3 N–H and O–H groups in total. The number of aliphatic hydroxyl groups excluding tert-OH is 1. The molecule has 0 radical (unpaired) electrons. The molecule has 2 unspecified atom stereocenters. The summed E-state index contributed by atoms with van der Waals surface area (Å²) < 4.78 is 14.1. The van der Waals surface area contributed by atoms with Crippen molar-refractivity contribution in [1.82, 2.24) is 0 Å². The lowest BCUT2D eigenvalue weighted by atomic mass is 9.91. The maximum absolute atomic E-state index is 14.1. The van der Waals surface area contributed by atoms with Crippen LogP contribution in [0.3, 0.4) is 0 Å². The molecule has 2 rings (SSSR count). The second-order valence-corrected chi connectivity index (χ2v) is 5.50. The van der Waals surface area contributed by atoms with Gasteiger partial charge >= 0.3 is 0 Å². The summed E-state index contributed by atoms with van der Waals surface area (Å²) in [5, 5.41) is 10.0. The number of rotatable bonds is 3. The Bertz CT molecular complexity index is 481. The number of benzene rings is 1. The van der Waals surface area contributed by atoms with Crippen molar-refractivity contribution >= 4 is 22.9 Å². The van der Waals surface area contributed by atoms with Crippen molar-refractivity contribution in [2.45, 2.75) is 37.8 Å². The maximum Gasteiger partial charge on any atom is 0.147 e. The molecule has 1 aliphatic rings. The zero-order chi connectivity index (χ0) is 14.0. The Hall–Kier alpha value is -1.20. The van der Waals surface area contributed by atoms with Gasteiger partial charge in [-0.05, 0) is 31.0 Å². The molecule has 0 aromatic heterocycles. The maximum atomic E-state index is 14.1. The van der Waals surface area contributed by atoms with Crippen LogP contribution >= 0.6 is 12.2 Å². The van der Waals surface area contributed by atoms with Crippen molar-refractivity contribution in [2.24, 2.45) is 5.73 Å². The minimum absolute atomic E-state index is 0.0288. The van der Waals surface area contributed by atoms with Gasteiger partial charge in [-0.15, -0.1) is 0 Å². The molecule has 0 saturated heterocycles. The zero-order valence-electron chi connectivity index (χ0n) is 11.0. The van der Waals surface area contributed by atoms with E-state index >= 15 is 0 Å². The van der Waals surface area contributed by atoms with E-state index in [1.165, 1.54) is 6.07 Å². The Kier molecular flexibility index (Phi) is 4.37. The number of hydrogen-bond donors (Lipinski definition) is 2. The molecule has 19 heavy (non-hydrogen) atoms. The standard InChI is InChI=1S/C14H19FN2OS/c1-17(12-4-2-3-5-13(12)18)11-7-6-9(14(16)19)8-10(11)15/h6-8,12-13,18H,2-5H2,1H3,(H2,16,19). The largest absolute Gasteiger partial charge is 0.391 e. The number of nitrogens with two attached hydrogens (primary N) is 1. The number of thiocarbonyl (C=S) groups is 1. The van der Waals surface area contributed by atoms with Gasteiger partial charge in [0.25, 0.3) is 0 Å². The molecule has 5 heteroatoms. The van der Waals surface area contributed by atoms with Crippen molar-refractivity contribution in [3.05, 3.63) is 29.6 Å². The molecule has 0 bridgehead atoms. The number of nitrogens with zero attached hydrogens (tertiary/aromatic N) is 1. The van der Waals surface area contributed by atoms with Gasteiger partial charge in [0.05, 0.1) is 17.8 Å². The van der Waals surface area contributed by atoms with E-state index in [-0.39, 0.29) is 16.8 Å². The van der Waals surface area contributed by atoms with Crippen molar-refractivity contribution in [3.63, 3.8) is 0 Å². The number of hydrogen-bond acceptors (Lipinski definition) is 3. The van der Waals surface area contributed by atoms with E-state index in [0.29, 0.717) is 11.3 Å². The summed E-state index contributed by atoms with van der Waals surface area (Å²) in [5.74, 6) is -0.356. The van der Waals surface area contributed by atoms with Crippen LogP contribution in [0.1, 0.15) is 31.2 Å². The highest BCUT2D eigenvalue weighted by Crippen LogP contribution is 2.28. The second-order valence-electron chi connectivity index (χ2n) is 5.06. The molecule has 0 aliphatic heterocycles. The fourth-order valence-corrected chi connectivity index (χ4v) is 2.80. The summed E-state index contributed by atoms with van der Waals surface area (Å²) in [6.07, 6.45) is 3.37. The molecule has 2 atom stereocenters. The zero-order valence-corrected chi connectivity index (χ0v) is 11.8. The highest BCUT2D eigenvalue weighted by atomic mass is 32.1. The highest BCUT2D eigenvalue weighted by Gasteiger charge is 2.28. The summed E-state index contributed by atoms with van der Waals surface area (Å²) in [4.78, 5) is 2.01. The van der Waals surface area contributed by atoms with Crippen LogP contribution < -0.4 is 10.6 Å². The van der Waals surface area contributed by atoms with Crippen molar-refractivity contribution in [3.8, 4) is 0 Å². The van der Waals surface area contributed by atoms with E-state index in [4.69, 9.17) is 18.0 Å². The van der Waals surface area contributed by atoms with E-state index < -0.39 is 6.10 Å². The predicted octanol–water partition coefficient (Wildman–Crippen LogP) is 2.20. The van der Waals surface area contributed by atoms with Gasteiger partial charge in [-0.25, -0.2) is 4.39 Å². The van der Waals surface area contributed by atoms with Crippen LogP contribution in [-0.4, -0.2) is 29.3 Å².